The zero-order chi connectivity index (χ0) is 11.5. The highest BCUT2D eigenvalue weighted by atomic mass is 16.5. The van der Waals surface area contributed by atoms with E-state index in [1.165, 1.54) is 0 Å². The SMILES string of the molecule is CCC1=N/C(=C\N2CCOCC2)C(=O)N1C. The van der Waals surface area contributed by atoms with Crippen molar-refractivity contribution in [1.29, 1.82) is 0 Å². The van der Waals surface area contributed by atoms with Gasteiger partial charge >= 0.3 is 0 Å². The van der Waals surface area contributed by atoms with Gasteiger partial charge in [-0.15, -0.1) is 0 Å². The molecule has 0 aromatic carbocycles. The van der Waals surface area contributed by atoms with E-state index < -0.39 is 0 Å². The van der Waals surface area contributed by atoms with E-state index in [0.717, 1.165) is 38.6 Å². The monoisotopic (exact) mass is 223 g/mol. The summed E-state index contributed by atoms with van der Waals surface area (Å²) in [6.07, 6.45) is 2.63. The number of aliphatic imine (C=N–C) groups is 1. The molecular weight excluding hydrogens is 206 g/mol. The van der Waals surface area contributed by atoms with Crippen LogP contribution >= 0.6 is 0 Å². The maximum Gasteiger partial charge on any atom is 0.279 e. The second-order valence-corrected chi connectivity index (χ2v) is 3.91. The lowest BCUT2D eigenvalue weighted by Crippen LogP contribution is -2.33. The number of rotatable bonds is 2. The van der Waals surface area contributed by atoms with Crippen LogP contribution in [0.15, 0.2) is 16.9 Å². The summed E-state index contributed by atoms with van der Waals surface area (Å²) in [5.41, 5.74) is 0.543. The molecular formula is C11H17N3O2. The first kappa shape index (κ1) is 11.1. The molecule has 0 spiro atoms. The molecule has 5 heteroatoms. The summed E-state index contributed by atoms with van der Waals surface area (Å²) in [4.78, 5) is 19.9. The molecule has 0 unspecified atom stereocenters. The molecule has 0 aromatic rings. The van der Waals surface area contributed by atoms with E-state index in [9.17, 15) is 4.79 Å². The van der Waals surface area contributed by atoms with E-state index >= 15 is 0 Å². The molecule has 2 heterocycles. The number of hydrogen-bond donors (Lipinski definition) is 0. The highest BCUT2D eigenvalue weighted by Gasteiger charge is 2.26. The zero-order valence-corrected chi connectivity index (χ0v) is 9.77. The van der Waals surface area contributed by atoms with Crippen LogP contribution in [0.25, 0.3) is 0 Å². The fourth-order valence-corrected chi connectivity index (χ4v) is 1.83. The summed E-state index contributed by atoms with van der Waals surface area (Å²) in [7, 11) is 1.77. The van der Waals surface area contributed by atoms with Gasteiger partial charge in [0, 0.05) is 32.8 Å². The van der Waals surface area contributed by atoms with E-state index in [1.807, 2.05) is 13.1 Å². The van der Waals surface area contributed by atoms with Crippen LogP contribution in [-0.4, -0.2) is 54.9 Å². The molecule has 88 valence electrons. The van der Waals surface area contributed by atoms with Crippen molar-refractivity contribution in [3.63, 3.8) is 0 Å². The minimum absolute atomic E-state index is 0.0108. The molecule has 0 saturated carbocycles. The summed E-state index contributed by atoms with van der Waals surface area (Å²) >= 11 is 0. The number of morpholine rings is 1. The van der Waals surface area contributed by atoms with Crippen molar-refractivity contribution in [2.75, 3.05) is 33.4 Å². The standard InChI is InChI=1S/C11H17N3O2/c1-3-10-12-9(11(15)13(10)2)8-14-4-6-16-7-5-14/h8H,3-7H2,1-2H3/b9-8-. The van der Waals surface area contributed by atoms with Crippen LogP contribution < -0.4 is 0 Å². The first-order valence-electron chi connectivity index (χ1n) is 5.61. The van der Waals surface area contributed by atoms with Crippen LogP contribution in [-0.2, 0) is 9.53 Å². The van der Waals surface area contributed by atoms with Crippen molar-refractivity contribution in [1.82, 2.24) is 9.80 Å². The molecule has 0 aliphatic carbocycles. The Kier molecular flexibility index (Phi) is 3.24. The Bertz CT molecular complexity index is 343. The number of hydrogen-bond acceptors (Lipinski definition) is 4. The van der Waals surface area contributed by atoms with Gasteiger partial charge in [0.15, 0.2) is 0 Å². The predicted octanol–water partition coefficient (Wildman–Crippen LogP) is 0.441. The number of carbonyl (C=O) groups excluding carboxylic acids is 1. The zero-order valence-electron chi connectivity index (χ0n) is 9.77. The molecule has 1 amide bonds. The summed E-state index contributed by atoms with van der Waals surface area (Å²) in [5.74, 6) is 0.827. The molecule has 2 rings (SSSR count). The number of ether oxygens (including phenoxy) is 1. The molecule has 0 bridgehead atoms. The molecule has 0 radical (unpaired) electrons. The Morgan fingerprint density at radius 3 is 2.69 bits per heavy atom. The van der Waals surface area contributed by atoms with Crippen molar-refractivity contribution in [3.05, 3.63) is 11.9 Å². The van der Waals surface area contributed by atoms with Crippen LogP contribution in [0, 0.1) is 0 Å². The lowest BCUT2D eigenvalue weighted by molar-refractivity contribution is -0.122. The lowest BCUT2D eigenvalue weighted by Gasteiger charge is -2.25. The molecule has 1 saturated heterocycles. The van der Waals surface area contributed by atoms with Gasteiger partial charge in [0.1, 0.15) is 11.5 Å². The van der Waals surface area contributed by atoms with E-state index in [0.29, 0.717) is 5.70 Å². The predicted molar refractivity (Wildman–Crippen MR) is 61.0 cm³/mol. The van der Waals surface area contributed by atoms with Crippen LogP contribution in [0.3, 0.4) is 0 Å². The van der Waals surface area contributed by atoms with Crippen LogP contribution in [0.1, 0.15) is 13.3 Å². The first-order chi connectivity index (χ1) is 7.72. The van der Waals surface area contributed by atoms with Crippen LogP contribution in [0.4, 0.5) is 0 Å². The highest BCUT2D eigenvalue weighted by molar-refractivity contribution is 6.11. The average Bonchev–Trinajstić information content (AvgIpc) is 2.58. The van der Waals surface area contributed by atoms with Gasteiger partial charge in [0.25, 0.3) is 5.91 Å². The number of likely N-dealkylation sites (N-methyl/N-ethyl adjacent to an activating group) is 1. The maximum atomic E-state index is 11.8. The van der Waals surface area contributed by atoms with Crippen molar-refractivity contribution < 1.29 is 9.53 Å². The number of carbonyl (C=O) groups is 1. The minimum atomic E-state index is -0.0108. The third-order valence-electron chi connectivity index (χ3n) is 2.83. The van der Waals surface area contributed by atoms with Gasteiger partial charge in [0.2, 0.25) is 0 Å². The second kappa shape index (κ2) is 4.65. The molecule has 16 heavy (non-hydrogen) atoms. The first-order valence-corrected chi connectivity index (χ1v) is 5.61. The summed E-state index contributed by atoms with van der Waals surface area (Å²) in [5, 5.41) is 0. The summed E-state index contributed by atoms with van der Waals surface area (Å²) < 4.78 is 5.25. The van der Waals surface area contributed by atoms with Gasteiger partial charge in [-0.1, -0.05) is 6.92 Å². The van der Waals surface area contributed by atoms with Gasteiger partial charge in [-0.3, -0.25) is 9.69 Å². The third-order valence-corrected chi connectivity index (χ3v) is 2.83. The van der Waals surface area contributed by atoms with Gasteiger partial charge in [-0.05, 0) is 0 Å². The van der Waals surface area contributed by atoms with Crippen molar-refractivity contribution in [3.8, 4) is 0 Å². The smallest absolute Gasteiger partial charge is 0.279 e. The normalized spacial score (nSPS) is 24.2. The number of nitrogens with zero attached hydrogens (tertiary/aromatic N) is 3. The van der Waals surface area contributed by atoms with Gasteiger partial charge < -0.3 is 9.64 Å². The average molecular weight is 223 g/mol. The quantitative estimate of drug-likeness (QED) is 0.638. The van der Waals surface area contributed by atoms with E-state index in [4.69, 9.17) is 4.74 Å². The lowest BCUT2D eigenvalue weighted by atomic mass is 10.4. The van der Waals surface area contributed by atoms with Gasteiger partial charge in [-0.2, -0.15) is 0 Å². The van der Waals surface area contributed by atoms with Crippen molar-refractivity contribution in [2.45, 2.75) is 13.3 Å². The summed E-state index contributed by atoms with van der Waals surface area (Å²) in [6.45, 7) is 5.10. The minimum Gasteiger partial charge on any atom is -0.378 e. The summed E-state index contributed by atoms with van der Waals surface area (Å²) in [6, 6.07) is 0. The van der Waals surface area contributed by atoms with E-state index in [1.54, 1.807) is 11.9 Å². The van der Waals surface area contributed by atoms with E-state index in [2.05, 4.69) is 9.89 Å². The number of amides is 1. The molecule has 2 aliphatic heterocycles. The molecule has 1 fully saturated rings. The van der Waals surface area contributed by atoms with Crippen molar-refractivity contribution >= 4 is 11.7 Å². The highest BCUT2D eigenvalue weighted by Crippen LogP contribution is 2.15. The molecule has 0 atom stereocenters. The van der Waals surface area contributed by atoms with Gasteiger partial charge in [0.05, 0.1) is 13.2 Å². The Hall–Kier alpha value is -1.36. The fourth-order valence-electron chi connectivity index (χ4n) is 1.83. The molecule has 0 N–H and O–H groups in total. The van der Waals surface area contributed by atoms with Crippen molar-refractivity contribution in [2.24, 2.45) is 4.99 Å². The Morgan fingerprint density at radius 1 is 1.44 bits per heavy atom. The van der Waals surface area contributed by atoms with Crippen LogP contribution in [0.2, 0.25) is 0 Å². The Balaban J connectivity index is 2.11. The fraction of sp³-hybridized carbons (Fsp3) is 0.636. The van der Waals surface area contributed by atoms with Crippen LogP contribution in [0.5, 0.6) is 0 Å². The molecule has 0 aromatic heterocycles. The second-order valence-electron chi connectivity index (χ2n) is 3.91. The Labute approximate surface area is 95.4 Å². The third kappa shape index (κ3) is 2.09. The molecule has 5 nitrogen and oxygen atoms in total. The van der Waals surface area contributed by atoms with E-state index in [-0.39, 0.29) is 5.91 Å². The molecule has 2 aliphatic rings. The largest absolute Gasteiger partial charge is 0.378 e. The topological polar surface area (TPSA) is 45.1 Å². The maximum absolute atomic E-state index is 11.8. The van der Waals surface area contributed by atoms with Gasteiger partial charge in [-0.25, -0.2) is 4.99 Å². The Morgan fingerprint density at radius 2 is 2.12 bits per heavy atom. The number of amidine groups is 1.